The summed E-state index contributed by atoms with van der Waals surface area (Å²) >= 11 is 0. The van der Waals surface area contributed by atoms with Gasteiger partial charge in [-0.1, -0.05) is 30.3 Å². The van der Waals surface area contributed by atoms with E-state index in [-0.39, 0.29) is 0 Å². The average molecular weight is 283 g/mol. The molecule has 21 heavy (non-hydrogen) atoms. The van der Waals surface area contributed by atoms with Crippen LogP contribution in [0, 0.1) is 0 Å². The van der Waals surface area contributed by atoms with E-state index in [4.69, 9.17) is 4.74 Å². The molecule has 0 unspecified atom stereocenters. The number of fused-ring (bicyclic) bond motifs is 1. The fraction of sp³-hybridized carbons (Fsp3) is 0.267. The molecule has 108 valence electrons. The van der Waals surface area contributed by atoms with Crippen molar-refractivity contribution in [1.82, 2.24) is 19.5 Å². The molecule has 0 aliphatic heterocycles. The zero-order valence-corrected chi connectivity index (χ0v) is 11.9. The summed E-state index contributed by atoms with van der Waals surface area (Å²) in [6.45, 7) is 2.06. The Morgan fingerprint density at radius 1 is 1.14 bits per heavy atom. The first-order valence-corrected chi connectivity index (χ1v) is 6.81. The molecular formula is C15H17N5O. The van der Waals surface area contributed by atoms with Crippen molar-refractivity contribution in [1.29, 1.82) is 0 Å². The summed E-state index contributed by atoms with van der Waals surface area (Å²) in [5, 5.41) is 3.32. The predicted molar refractivity (Wildman–Crippen MR) is 81.0 cm³/mol. The molecule has 0 atom stereocenters. The molecule has 0 aliphatic rings. The summed E-state index contributed by atoms with van der Waals surface area (Å²) in [6.07, 6.45) is 3.33. The monoisotopic (exact) mass is 283 g/mol. The van der Waals surface area contributed by atoms with Gasteiger partial charge in [-0.2, -0.15) is 0 Å². The molecule has 3 rings (SSSR count). The van der Waals surface area contributed by atoms with Crippen molar-refractivity contribution in [2.24, 2.45) is 0 Å². The number of methoxy groups -OCH3 is 1. The summed E-state index contributed by atoms with van der Waals surface area (Å²) in [7, 11) is 1.68. The van der Waals surface area contributed by atoms with Crippen LogP contribution in [0.3, 0.4) is 0 Å². The summed E-state index contributed by atoms with van der Waals surface area (Å²) in [6, 6.07) is 10.2. The Bertz CT molecular complexity index is 710. The molecule has 2 heterocycles. The van der Waals surface area contributed by atoms with Crippen molar-refractivity contribution < 1.29 is 4.74 Å². The van der Waals surface area contributed by atoms with Crippen molar-refractivity contribution in [2.45, 2.75) is 13.1 Å². The van der Waals surface area contributed by atoms with E-state index in [0.717, 1.165) is 23.5 Å². The number of nitrogens with one attached hydrogen (secondary N) is 1. The highest BCUT2D eigenvalue weighted by atomic mass is 16.5. The second kappa shape index (κ2) is 6.32. The molecule has 0 aliphatic carbocycles. The van der Waals surface area contributed by atoms with Crippen molar-refractivity contribution in [3.63, 3.8) is 0 Å². The number of anilines is 1. The minimum atomic E-state index is 0.627. The lowest BCUT2D eigenvalue weighted by molar-refractivity contribution is 0.188. The van der Waals surface area contributed by atoms with Gasteiger partial charge in [-0.3, -0.25) is 0 Å². The van der Waals surface area contributed by atoms with Gasteiger partial charge >= 0.3 is 0 Å². The summed E-state index contributed by atoms with van der Waals surface area (Å²) in [5.74, 6) is 0.750. The average Bonchev–Trinajstić information content (AvgIpc) is 2.95. The van der Waals surface area contributed by atoms with E-state index in [0.29, 0.717) is 13.2 Å². The van der Waals surface area contributed by atoms with Crippen molar-refractivity contribution in [2.75, 3.05) is 19.0 Å². The van der Waals surface area contributed by atoms with Crippen LogP contribution in [-0.4, -0.2) is 33.2 Å². The third-order valence-corrected chi connectivity index (χ3v) is 3.24. The van der Waals surface area contributed by atoms with E-state index in [1.54, 1.807) is 19.8 Å². The van der Waals surface area contributed by atoms with Gasteiger partial charge in [0.15, 0.2) is 11.5 Å². The van der Waals surface area contributed by atoms with Gasteiger partial charge in [-0.05, 0) is 5.56 Å². The van der Waals surface area contributed by atoms with Crippen LogP contribution in [0.5, 0.6) is 0 Å². The highest BCUT2D eigenvalue weighted by molar-refractivity contribution is 5.82. The molecule has 0 saturated heterocycles. The number of ether oxygens (including phenoxy) is 1. The first kappa shape index (κ1) is 13.5. The van der Waals surface area contributed by atoms with Crippen LogP contribution in [0.25, 0.3) is 11.2 Å². The van der Waals surface area contributed by atoms with Crippen molar-refractivity contribution >= 4 is 17.0 Å². The number of benzene rings is 1. The number of hydrogen-bond donors (Lipinski definition) is 1. The molecular weight excluding hydrogens is 266 g/mol. The molecule has 0 spiro atoms. The largest absolute Gasteiger partial charge is 0.383 e. The molecule has 1 N–H and O–H groups in total. The fourth-order valence-corrected chi connectivity index (χ4v) is 2.14. The molecule has 6 heteroatoms. The Labute approximate surface area is 122 Å². The molecule has 2 aromatic heterocycles. The molecule has 3 aromatic rings. The summed E-state index contributed by atoms with van der Waals surface area (Å²) in [4.78, 5) is 13.0. The lowest BCUT2D eigenvalue weighted by Crippen LogP contribution is -2.05. The molecule has 0 radical (unpaired) electrons. The van der Waals surface area contributed by atoms with Gasteiger partial charge < -0.3 is 14.6 Å². The van der Waals surface area contributed by atoms with Gasteiger partial charge in [-0.25, -0.2) is 15.0 Å². The normalized spacial score (nSPS) is 10.9. The third-order valence-electron chi connectivity index (χ3n) is 3.24. The van der Waals surface area contributed by atoms with Gasteiger partial charge in [0.2, 0.25) is 0 Å². The van der Waals surface area contributed by atoms with E-state index in [9.17, 15) is 0 Å². The Hall–Kier alpha value is -2.47. The van der Waals surface area contributed by atoms with Gasteiger partial charge in [-0.15, -0.1) is 0 Å². The number of hydrogen-bond acceptors (Lipinski definition) is 5. The molecule has 0 amide bonds. The molecule has 1 aromatic carbocycles. The molecule has 0 bridgehead atoms. The highest BCUT2D eigenvalue weighted by Gasteiger charge is 2.09. The van der Waals surface area contributed by atoms with Crippen LogP contribution < -0.4 is 5.32 Å². The summed E-state index contributed by atoms with van der Waals surface area (Å²) in [5.41, 5.74) is 2.80. The van der Waals surface area contributed by atoms with Crippen LogP contribution in [-0.2, 0) is 17.8 Å². The SMILES string of the molecule is COCCn1cnc2c(NCc3ccccc3)ncnc21. The number of nitrogens with zero attached hydrogens (tertiary/aromatic N) is 4. The predicted octanol–water partition coefficient (Wildman–Crippen LogP) is 2.08. The second-order valence-corrected chi connectivity index (χ2v) is 4.66. The van der Waals surface area contributed by atoms with Gasteiger partial charge in [0.05, 0.1) is 12.9 Å². The third kappa shape index (κ3) is 3.00. The molecule has 6 nitrogen and oxygen atoms in total. The zero-order valence-electron chi connectivity index (χ0n) is 11.9. The van der Waals surface area contributed by atoms with Gasteiger partial charge in [0.25, 0.3) is 0 Å². The number of rotatable bonds is 6. The first-order valence-electron chi connectivity index (χ1n) is 6.81. The Balaban J connectivity index is 1.81. The maximum atomic E-state index is 5.09. The minimum Gasteiger partial charge on any atom is -0.383 e. The standard InChI is InChI=1S/C15H17N5O/c1-21-8-7-20-11-19-13-14(17-10-18-15(13)20)16-9-12-5-3-2-4-6-12/h2-6,10-11H,7-9H2,1H3,(H,16,17,18). The van der Waals surface area contributed by atoms with Crippen LogP contribution in [0.15, 0.2) is 43.0 Å². The highest BCUT2D eigenvalue weighted by Crippen LogP contribution is 2.18. The Morgan fingerprint density at radius 3 is 2.81 bits per heavy atom. The van der Waals surface area contributed by atoms with E-state index >= 15 is 0 Å². The van der Waals surface area contributed by atoms with E-state index in [1.807, 2.05) is 22.8 Å². The van der Waals surface area contributed by atoms with Crippen LogP contribution in [0.4, 0.5) is 5.82 Å². The molecule has 0 fully saturated rings. The second-order valence-electron chi connectivity index (χ2n) is 4.66. The summed E-state index contributed by atoms with van der Waals surface area (Å²) < 4.78 is 7.06. The smallest absolute Gasteiger partial charge is 0.165 e. The lowest BCUT2D eigenvalue weighted by atomic mass is 10.2. The number of aromatic nitrogens is 4. The lowest BCUT2D eigenvalue weighted by Gasteiger charge is -2.06. The van der Waals surface area contributed by atoms with Crippen LogP contribution in [0.1, 0.15) is 5.56 Å². The fourth-order valence-electron chi connectivity index (χ4n) is 2.14. The Kier molecular flexibility index (Phi) is 4.07. The van der Waals surface area contributed by atoms with E-state index < -0.39 is 0 Å². The maximum absolute atomic E-state index is 5.09. The minimum absolute atomic E-state index is 0.627. The van der Waals surface area contributed by atoms with Gasteiger partial charge in [0, 0.05) is 20.2 Å². The van der Waals surface area contributed by atoms with Crippen molar-refractivity contribution in [3.8, 4) is 0 Å². The topological polar surface area (TPSA) is 64.9 Å². The van der Waals surface area contributed by atoms with Gasteiger partial charge in [0.1, 0.15) is 11.8 Å². The van der Waals surface area contributed by atoms with E-state index in [1.165, 1.54) is 5.56 Å². The zero-order chi connectivity index (χ0) is 14.5. The van der Waals surface area contributed by atoms with Crippen LogP contribution in [0.2, 0.25) is 0 Å². The number of imidazole rings is 1. The Morgan fingerprint density at radius 2 is 2.00 bits per heavy atom. The quantitative estimate of drug-likeness (QED) is 0.750. The first-order chi connectivity index (χ1) is 10.4. The van der Waals surface area contributed by atoms with E-state index in [2.05, 4.69) is 32.4 Å². The van der Waals surface area contributed by atoms with Crippen LogP contribution >= 0.6 is 0 Å². The molecule has 0 saturated carbocycles. The maximum Gasteiger partial charge on any atom is 0.165 e. The van der Waals surface area contributed by atoms with Crippen molar-refractivity contribution in [3.05, 3.63) is 48.5 Å².